The number of nitrogens with zero attached hydrogens (tertiary/aromatic N) is 2. The smallest absolute Gasteiger partial charge is 0.414 e. The van der Waals surface area contributed by atoms with Gasteiger partial charge in [-0.25, -0.2) is 29.0 Å². The summed E-state index contributed by atoms with van der Waals surface area (Å²) in [5, 5.41) is 4.76. The van der Waals surface area contributed by atoms with Gasteiger partial charge in [-0.2, -0.15) is 0 Å². The number of amides is 3. The number of carbonyl (C=O) groups excluding carboxylic acids is 7. The highest BCUT2D eigenvalue weighted by Crippen LogP contribution is 2.22. The number of rotatable bonds is 11. The van der Waals surface area contributed by atoms with Gasteiger partial charge in [0.05, 0.1) is 17.7 Å². The number of esters is 4. The molecular weight excluding hydrogens is 808 g/mol. The topological polar surface area (TPSA) is 224 Å². The van der Waals surface area contributed by atoms with Crippen molar-refractivity contribution in [3.63, 3.8) is 0 Å². The Hall–Kier alpha value is -6.20. The Kier molecular flexibility index (Phi) is 17.6. The van der Waals surface area contributed by atoms with Gasteiger partial charge in [-0.3, -0.25) is 25.1 Å². The fourth-order valence-corrected chi connectivity index (χ4v) is 4.78. The number of alkyl carbamates (subject to hydrolysis) is 2. The van der Waals surface area contributed by atoms with E-state index in [-0.39, 0.29) is 29.6 Å². The Morgan fingerprint density at radius 1 is 0.581 bits per heavy atom. The molecule has 0 bridgehead atoms. The zero-order chi connectivity index (χ0) is 47.4. The summed E-state index contributed by atoms with van der Waals surface area (Å²) in [6.07, 6.45) is -3.51. The second kappa shape index (κ2) is 21.1. The van der Waals surface area contributed by atoms with Crippen molar-refractivity contribution in [2.24, 2.45) is 4.99 Å². The predicted octanol–water partition coefficient (Wildman–Crippen LogP) is 7.67. The van der Waals surface area contributed by atoms with Gasteiger partial charge >= 0.3 is 42.2 Å². The van der Waals surface area contributed by atoms with E-state index in [1.807, 2.05) is 0 Å². The van der Waals surface area contributed by atoms with Crippen molar-refractivity contribution in [1.82, 2.24) is 15.5 Å². The Balaban J connectivity index is 2.25. The summed E-state index contributed by atoms with van der Waals surface area (Å²) in [6, 6.07) is 10.1. The lowest BCUT2D eigenvalue weighted by Gasteiger charge is -2.32. The van der Waals surface area contributed by atoms with Crippen molar-refractivity contribution < 1.29 is 66.7 Å². The molecule has 18 nitrogen and oxygen atoms in total. The van der Waals surface area contributed by atoms with E-state index in [1.54, 1.807) is 104 Å². The number of aliphatic imine (C=N–C) groups is 1. The van der Waals surface area contributed by atoms with E-state index in [0.717, 1.165) is 4.90 Å². The van der Waals surface area contributed by atoms with Crippen molar-refractivity contribution in [2.45, 2.75) is 151 Å². The molecule has 0 aromatic heterocycles. The molecule has 2 aromatic carbocycles. The molecule has 62 heavy (non-hydrogen) atoms. The molecule has 1 atom stereocenters. The van der Waals surface area contributed by atoms with Crippen molar-refractivity contribution in [2.75, 3.05) is 6.54 Å². The molecule has 0 saturated carbocycles. The maximum absolute atomic E-state index is 13.7. The van der Waals surface area contributed by atoms with E-state index >= 15 is 0 Å². The first kappa shape index (κ1) is 51.9. The molecule has 0 aliphatic heterocycles. The molecule has 0 aliphatic carbocycles. The van der Waals surface area contributed by atoms with Crippen LogP contribution in [0.5, 0.6) is 5.75 Å². The molecule has 18 heteroatoms. The van der Waals surface area contributed by atoms with E-state index in [4.69, 9.17) is 33.2 Å². The number of ether oxygens (including phenoxy) is 7. The molecule has 0 radical (unpaired) electrons. The first-order valence-electron chi connectivity index (χ1n) is 19.8. The SMILES string of the molecule is CC(C)(C)OC(=O)C[C@@H](C(=O)OC(C)(C)C)N(CC(=O)OC(C)(C)C)C(=O)OCc1ccc(OC(=O)c2ccc(N=C(NC(=O)OC(C)(C)C)NC(=O)OC(C)(C)C)cc2)cc1. The van der Waals surface area contributed by atoms with Gasteiger partial charge in [0.25, 0.3) is 0 Å². The molecule has 0 aliphatic rings. The second-order valence-electron chi connectivity index (χ2n) is 18.9. The van der Waals surface area contributed by atoms with Gasteiger partial charge in [0, 0.05) is 0 Å². The number of carbonyl (C=O) groups is 7. The average molecular weight is 871 g/mol. The molecule has 0 fully saturated rings. The minimum absolute atomic E-state index is 0.139. The highest BCUT2D eigenvalue weighted by Gasteiger charge is 2.39. The number of benzene rings is 2. The average Bonchev–Trinajstić information content (AvgIpc) is 3.05. The fourth-order valence-electron chi connectivity index (χ4n) is 4.78. The van der Waals surface area contributed by atoms with Crippen LogP contribution >= 0.6 is 0 Å². The Morgan fingerprint density at radius 3 is 1.48 bits per heavy atom. The minimum atomic E-state index is -1.61. The zero-order valence-corrected chi connectivity index (χ0v) is 38.4. The molecule has 3 amide bonds. The molecule has 2 N–H and O–H groups in total. The predicted molar refractivity (Wildman–Crippen MR) is 227 cm³/mol. The van der Waals surface area contributed by atoms with Crippen LogP contribution < -0.4 is 15.4 Å². The van der Waals surface area contributed by atoms with Crippen LogP contribution in [0.15, 0.2) is 53.5 Å². The van der Waals surface area contributed by atoms with Gasteiger partial charge in [0.15, 0.2) is 0 Å². The number of hydrogen-bond donors (Lipinski definition) is 2. The van der Waals surface area contributed by atoms with Gasteiger partial charge in [0.1, 0.15) is 52.9 Å². The third kappa shape index (κ3) is 21.4. The summed E-state index contributed by atoms with van der Waals surface area (Å²) in [5.41, 5.74) is -3.70. The molecule has 0 spiro atoms. The van der Waals surface area contributed by atoms with Crippen molar-refractivity contribution in [3.8, 4) is 5.75 Å². The summed E-state index contributed by atoms with van der Waals surface area (Å²) >= 11 is 0. The Bertz CT molecular complexity index is 1910. The maximum Gasteiger partial charge on any atom is 0.414 e. The molecule has 0 unspecified atom stereocenters. The highest BCUT2D eigenvalue weighted by atomic mass is 16.6. The van der Waals surface area contributed by atoms with Crippen LogP contribution in [0.1, 0.15) is 126 Å². The number of nitrogens with one attached hydrogen (secondary N) is 2. The van der Waals surface area contributed by atoms with E-state index in [2.05, 4.69) is 15.6 Å². The number of guanidine groups is 1. The van der Waals surface area contributed by atoms with E-state index in [0.29, 0.717) is 5.56 Å². The summed E-state index contributed by atoms with van der Waals surface area (Å²) < 4.78 is 37.9. The van der Waals surface area contributed by atoms with Crippen LogP contribution in [0.2, 0.25) is 0 Å². The van der Waals surface area contributed by atoms with Crippen LogP contribution in [0.3, 0.4) is 0 Å². The summed E-state index contributed by atoms with van der Waals surface area (Å²) in [6.45, 7) is 23.6. The Labute approximate surface area is 363 Å². The maximum atomic E-state index is 13.7. The minimum Gasteiger partial charge on any atom is -0.460 e. The van der Waals surface area contributed by atoms with Gasteiger partial charge < -0.3 is 33.2 Å². The fraction of sp³-hybridized carbons (Fsp3) is 0.545. The summed E-state index contributed by atoms with van der Waals surface area (Å²) in [4.78, 5) is 96.0. The quantitative estimate of drug-likeness (QED) is 0.0727. The second-order valence-corrected chi connectivity index (χ2v) is 18.9. The molecule has 342 valence electrons. The van der Waals surface area contributed by atoms with E-state index in [1.165, 1.54) is 48.5 Å². The van der Waals surface area contributed by atoms with Gasteiger partial charge in [-0.05, 0) is 146 Å². The van der Waals surface area contributed by atoms with Crippen LogP contribution in [-0.4, -0.2) is 93.6 Å². The monoisotopic (exact) mass is 870 g/mol. The lowest BCUT2D eigenvalue weighted by Crippen LogP contribution is -2.51. The first-order valence-corrected chi connectivity index (χ1v) is 19.8. The largest absolute Gasteiger partial charge is 0.460 e. The normalized spacial score (nSPS) is 12.4. The standard InChI is InChI=1S/C44H62N4O14/c1-40(2,3)58-32(49)24-31(35(52)60-42(7,8)9)48(25-33(50)59-41(4,5)6)39(55)56-26-27-16-22-30(23-17-27)57-34(51)28-18-20-29(21-19-28)45-36(46-37(53)61-43(10,11)12)47-38(54)62-44(13,14)15/h16-23,31H,24-26H2,1-15H3,(H2,45,46,47,53,54)/t31-/m0/s1. The summed E-state index contributed by atoms with van der Waals surface area (Å²) in [5.74, 6) is -3.52. The van der Waals surface area contributed by atoms with Crippen LogP contribution in [0.25, 0.3) is 0 Å². The molecular formula is C44H62N4O14. The van der Waals surface area contributed by atoms with Crippen molar-refractivity contribution in [1.29, 1.82) is 0 Å². The van der Waals surface area contributed by atoms with Gasteiger partial charge in [-0.15, -0.1) is 0 Å². The first-order chi connectivity index (χ1) is 28.2. The lowest BCUT2D eigenvalue weighted by molar-refractivity contribution is -0.170. The van der Waals surface area contributed by atoms with Crippen LogP contribution in [0.4, 0.5) is 20.1 Å². The van der Waals surface area contributed by atoms with Crippen LogP contribution in [-0.2, 0) is 49.4 Å². The van der Waals surface area contributed by atoms with Crippen molar-refractivity contribution in [3.05, 3.63) is 59.7 Å². The highest BCUT2D eigenvalue weighted by molar-refractivity contribution is 6.02. The zero-order valence-electron chi connectivity index (χ0n) is 38.4. The lowest BCUT2D eigenvalue weighted by atomic mass is 10.1. The molecule has 2 aromatic rings. The van der Waals surface area contributed by atoms with Crippen LogP contribution in [0, 0.1) is 0 Å². The number of hydrogen-bond acceptors (Lipinski definition) is 15. The Morgan fingerprint density at radius 2 is 1.03 bits per heavy atom. The van der Waals surface area contributed by atoms with E-state index in [9.17, 15) is 33.6 Å². The van der Waals surface area contributed by atoms with Crippen molar-refractivity contribution >= 4 is 53.8 Å². The summed E-state index contributed by atoms with van der Waals surface area (Å²) in [7, 11) is 0. The van der Waals surface area contributed by atoms with Gasteiger partial charge in [-0.1, -0.05) is 12.1 Å². The molecule has 2 rings (SSSR count). The molecule has 0 saturated heterocycles. The van der Waals surface area contributed by atoms with Gasteiger partial charge in [0.2, 0.25) is 5.96 Å². The van der Waals surface area contributed by atoms with E-state index < -0.39 is 89.2 Å². The third-order valence-corrected chi connectivity index (χ3v) is 6.87. The third-order valence-electron chi connectivity index (χ3n) is 6.87. The molecule has 0 heterocycles.